The number of benzene rings is 1. The number of nitrogens with zero attached hydrogens (tertiary/aromatic N) is 1. The number of phenols is 1. The highest BCUT2D eigenvalue weighted by molar-refractivity contribution is 6.06. The molecule has 0 saturated heterocycles. The number of halogens is 2. The number of carbonyl (C=O) groups is 1. The van der Waals surface area contributed by atoms with Crippen LogP contribution in [0.3, 0.4) is 0 Å². The third-order valence-corrected chi connectivity index (χ3v) is 2.18. The summed E-state index contributed by atoms with van der Waals surface area (Å²) in [5, 5.41) is 11.6. The van der Waals surface area contributed by atoms with Crippen molar-refractivity contribution in [2.24, 2.45) is 0 Å². The fourth-order valence-corrected chi connectivity index (χ4v) is 1.41. The van der Waals surface area contributed by atoms with Crippen LogP contribution in [0.1, 0.15) is 10.4 Å². The second kappa shape index (κ2) is 4.79. The van der Waals surface area contributed by atoms with E-state index < -0.39 is 28.9 Å². The second-order valence-electron chi connectivity index (χ2n) is 3.48. The SMILES string of the molecule is O=C(Nc1cncc(F)c1)c1c(O)cccc1F. The molecule has 1 amide bonds. The normalized spacial score (nSPS) is 10.1. The van der Waals surface area contributed by atoms with Crippen molar-refractivity contribution in [3.8, 4) is 5.75 Å². The third kappa shape index (κ3) is 2.42. The van der Waals surface area contributed by atoms with Crippen LogP contribution in [0.2, 0.25) is 0 Å². The molecule has 18 heavy (non-hydrogen) atoms. The molecule has 1 aromatic heterocycles. The number of aromatic nitrogens is 1. The van der Waals surface area contributed by atoms with Gasteiger partial charge < -0.3 is 10.4 Å². The molecule has 0 atom stereocenters. The Morgan fingerprint density at radius 2 is 2.06 bits per heavy atom. The van der Waals surface area contributed by atoms with Crippen molar-refractivity contribution >= 4 is 11.6 Å². The Morgan fingerprint density at radius 3 is 2.72 bits per heavy atom. The number of carbonyl (C=O) groups excluding carboxylic acids is 1. The third-order valence-electron chi connectivity index (χ3n) is 2.18. The van der Waals surface area contributed by atoms with E-state index in [1.807, 2.05) is 0 Å². The van der Waals surface area contributed by atoms with E-state index in [2.05, 4.69) is 10.3 Å². The van der Waals surface area contributed by atoms with Gasteiger partial charge in [-0.25, -0.2) is 8.78 Å². The summed E-state index contributed by atoms with van der Waals surface area (Å²) >= 11 is 0. The summed E-state index contributed by atoms with van der Waals surface area (Å²) in [5.74, 6) is -2.86. The summed E-state index contributed by atoms with van der Waals surface area (Å²) in [6.45, 7) is 0. The smallest absolute Gasteiger partial charge is 0.262 e. The Balaban J connectivity index is 2.28. The summed E-state index contributed by atoms with van der Waals surface area (Å²) < 4.78 is 26.2. The maximum absolute atomic E-state index is 13.4. The molecule has 92 valence electrons. The molecule has 2 aromatic rings. The summed E-state index contributed by atoms with van der Waals surface area (Å²) in [7, 11) is 0. The molecule has 0 spiro atoms. The van der Waals surface area contributed by atoms with Gasteiger partial charge in [0, 0.05) is 6.07 Å². The van der Waals surface area contributed by atoms with Crippen molar-refractivity contribution in [3.63, 3.8) is 0 Å². The molecule has 0 aliphatic heterocycles. The first-order valence-electron chi connectivity index (χ1n) is 4.97. The quantitative estimate of drug-likeness (QED) is 0.859. The molecule has 2 N–H and O–H groups in total. The highest BCUT2D eigenvalue weighted by Gasteiger charge is 2.16. The molecule has 0 aliphatic rings. The first-order chi connectivity index (χ1) is 8.58. The number of aromatic hydroxyl groups is 1. The molecular formula is C12H8F2N2O2. The van der Waals surface area contributed by atoms with Crippen LogP contribution in [0, 0.1) is 11.6 Å². The van der Waals surface area contributed by atoms with Gasteiger partial charge in [0.1, 0.15) is 22.9 Å². The predicted octanol–water partition coefficient (Wildman–Crippen LogP) is 2.32. The van der Waals surface area contributed by atoms with Gasteiger partial charge in [0.15, 0.2) is 0 Å². The van der Waals surface area contributed by atoms with Gasteiger partial charge in [-0.05, 0) is 12.1 Å². The van der Waals surface area contributed by atoms with Gasteiger partial charge in [-0.2, -0.15) is 0 Å². The minimum absolute atomic E-state index is 0.0719. The van der Waals surface area contributed by atoms with Gasteiger partial charge >= 0.3 is 0 Å². The first kappa shape index (κ1) is 12.0. The van der Waals surface area contributed by atoms with E-state index in [0.29, 0.717) is 0 Å². The molecule has 0 fully saturated rings. The van der Waals surface area contributed by atoms with E-state index in [1.165, 1.54) is 18.3 Å². The molecule has 2 rings (SSSR count). The number of hydrogen-bond acceptors (Lipinski definition) is 3. The number of anilines is 1. The lowest BCUT2D eigenvalue weighted by Crippen LogP contribution is -2.14. The lowest BCUT2D eigenvalue weighted by atomic mass is 10.1. The average Bonchev–Trinajstić information content (AvgIpc) is 2.28. The molecule has 0 bridgehead atoms. The molecule has 0 unspecified atom stereocenters. The van der Waals surface area contributed by atoms with E-state index in [4.69, 9.17) is 0 Å². The van der Waals surface area contributed by atoms with Crippen LogP contribution < -0.4 is 5.32 Å². The number of hydrogen-bond donors (Lipinski definition) is 2. The van der Waals surface area contributed by atoms with E-state index >= 15 is 0 Å². The van der Waals surface area contributed by atoms with E-state index in [1.54, 1.807) is 0 Å². The molecule has 4 nitrogen and oxygen atoms in total. The van der Waals surface area contributed by atoms with Gasteiger partial charge in [-0.15, -0.1) is 0 Å². The fraction of sp³-hybridized carbons (Fsp3) is 0. The van der Waals surface area contributed by atoms with Gasteiger partial charge in [0.05, 0.1) is 18.1 Å². The summed E-state index contributed by atoms with van der Waals surface area (Å²) in [5.41, 5.74) is -0.426. The predicted molar refractivity (Wildman–Crippen MR) is 60.2 cm³/mol. The van der Waals surface area contributed by atoms with Crippen LogP contribution in [0.5, 0.6) is 5.75 Å². The number of pyridine rings is 1. The van der Waals surface area contributed by atoms with Crippen LogP contribution in [0.25, 0.3) is 0 Å². The Labute approximate surface area is 101 Å². The van der Waals surface area contributed by atoms with Crippen LogP contribution in [-0.4, -0.2) is 16.0 Å². The van der Waals surface area contributed by atoms with Crippen LogP contribution in [-0.2, 0) is 0 Å². The first-order valence-corrected chi connectivity index (χ1v) is 4.97. The Kier molecular flexibility index (Phi) is 3.18. The van der Waals surface area contributed by atoms with Gasteiger partial charge in [0.2, 0.25) is 0 Å². The van der Waals surface area contributed by atoms with Crippen molar-refractivity contribution < 1.29 is 18.7 Å². The van der Waals surface area contributed by atoms with Crippen molar-refractivity contribution in [1.82, 2.24) is 4.98 Å². The summed E-state index contributed by atoms with van der Waals surface area (Å²) in [6, 6.07) is 4.52. The van der Waals surface area contributed by atoms with E-state index in [-0.39, 0.29) is 5.69 Å². The van der Waals surface area contributed by atoms with Crippen LogP contribution >= 0.6 is 0 Å². The number of amides is 1. The van der Waals surface area contributed by atoms with Crippen molar-refractivity contribution in [2.45, 2.75) is 0 Å². The molecular weight excluding hydrogens is 242 g/mol. The maximum atomic E-state index is 13.4. The maximum Gasteiger partial charge on any atom is 0.262 e. The van der Waals surface area contributed by atoms with Crippen LogP contribution in [0.4, 0.5) is 14.5 Å². The van der Waals surface area contributed by atoms with E-state index in [0.717, 1.165) is 18.3 Å². The summed E-state index contributed by atoms with van der Waals surface area (Å²) in [6.07, 6.45) is 2.18. The number of nitrogens with one attached hydrogen (secondary N) is 1. The fourth-order valence-electron chi connectivity index (χ4n) is 1.41. The standard InChI is InChI=1S/C12H8F2N2O2/c13-7-4-8(6-15-5-7)16-12(18)11-9(14)2-1-3-10(11)17/h1-6,17H,(H,16,18). The zero-order valence-electron chi connectivity index (χ0n) is 9.02. The van der Waals surface area contributed by atoms with Crippen LogP contribution in [0.15, 0.2) is 36.7 Å². The number of rotatable bonds is 2. The monoisotopic (exact) mass is 250 g/mol. The minimum atomic E-state index is -0.877. The van der Waals surface area contributed by atoms with Gasteiger partial charge in [0.25, 0.3) is 5.91 Å². The average molecular weight is 250 g/mol. The zero-order chi connectivity index (χ0) is 13.1. The molecule has 0 radical (unpaired) electrons. The van der Waals surface area contributed by atoms with Crippen molar-refractivity contribution in [1.29, 1.82) is 0 Å². The molecule has 0 saturated carbocycles. The van der Waals surface area contributed by atoms with Crippen molar-refractivity contribution in [2.75, 3.05) is 5.32 Å². The highest BCUT2D eigenvalue weighted by atomic mass is 19.1. The second-order valence-corrected chi connectivity index (χ2v) is 3.48. The van der Waals surface area contributed by atoms with Gasteiger partial charge in [-0.3, -0.25) is 9.78 Å². The Hall–Kier alpha value is -2.50. The van der Waals surface area contributed by atoms with Gasteiger partial charge in [-0.1, -0.05) is 6.07 Å². The lowest BCUT2D eigenvalue weighted by Gasteiger charge is -2.07. The lowest BCUT2D eigenvalue weighted by molar-refractivity contribution is 0.102. The largest absolute Gasteiger partial charge is 0.507 e. The summed E-state index contributed by atoms with van der Waals surface area (Å²) in [4.78, 5) is 15.2. The zero-order valence-corrected chi connectivity index (χ0v) is 9.02. The van der Waals surface area contributed by atoms with E-state index in [9.17, 15) is 18.7 Å². The minimum Gasteiger partial charge on any atom is -0.507 e. The topological polar surface area (TPSA) is 62.2 Å². The van der Waals surface area contributed by atoms with Crippen molar-refractivity contribution in [3.05, 3.63) is 53.9 Å². The molecule has 1 heterocycles. The number of phenolic OH excluding ortho intramolecular Hbond substituents is 1. The molecule has 0 aliphatic carbocycles. The Bertz CT molecular complexity index is 582. The highest BCUT2D eigenvalue weighted by Crippen LogP contribution is 2.21. The molecule has 6 heteroatoms. The Morgan fingerprint density at radius 1 is 1.28 bits per heavy atom. The molecule has 1 aromatic carbocycles.